The van der Waals surface area contributed by atoms with Crippen LogP contribution in [0, 0.1) is 0 Å². The number of nitrogens with two attached hydrogens (primary N) is 1. The van der Waals surface area contributed by atoms with Gasteiger partial charge in [-0.05, 0) is 35.9 Å². The van der Waals surface area contributed by atoms with Gasteiger partial charge in [0, 0.05) is 30.7 Å². The van der Waals surface area contributed by atoms with Crippen molar-refractivity contribution in [2.45, 2.75) is 13.1 Å². The topological polar surface area (TPSA) is 92.3 Å². The van der Waals surface area contributed by atoms with E-state index in [1.165, 1.54) is 13.4 Å². The van der Waals surface area contributed by atoms with Crippen molar-refractivity contribution < 1.29 is 14.3 Å². The Hall–Kier alpha value is -3.71. The normalized spacial score (nSPS) is 10.8. The van der Waals surface area contributed by atoms with Gasteiger partial charge >= 0.3 is 5.97 Å². The smallest absolute Gasteiger partial charge is 0.337 e. The molecule has 0 bridgehead atoms. The van der Waals surface area contributed by atoms with Gasteiger partial charge in [-0.3, -0.25) is 0 Å². The summed E-state index contributed by atoms with van der Waals surface area (Å²) in [5.41, 5.74) is 8.90. The molecule has 2 N–H and O–H groups in total. The van der Waals surface area contributed by atoms with Crippen LogP contribution in [0.4, 0.5) is 0 Å². The van der Waals surface area contributed by atoms with E-state index in [9.17, 15) is 4.79 Å². The number of methoxy groups -OCH3 is 1. The third-order valence-electron chi connectivity index (χ3n) is 4.60. The van der Waals surface area contributed by atoms with Crippen LogP contribution < -0.4 is 10.5 Å². The van der Waals surface area contributed by atoms with Gasteiger partial charge in [-0.25, -0.2) is 14.8 Å². The summed E-state index contributed by atoms with van der Waals surface area (Å²) in [6, 6.07) is 17.0. The minimum absolute atomic E-state index is 0.324. The van der Waals surface area contributed by atoms with E-state index in [4.69, 9.17) is 15.2 Å². The SMILES string of the molecule is COC(=O)c1cccc(Cn2ccc3c(Oc4cc(CN)ncn4)cccc32)c1. The first-order valence-electron chi connectivity index (χ1n) is 9.12. The molecule has 0 aliphatic carbocycles. The summed E-state index contributed by atoms with van der Waals surface area (Å²) < 4.78 is 12.9. The standard InChI is InChI=1S/C22H20N4O3/c1-28-22(27)16-5-2-4-15(10-16)13-26-9-8-18-19(26)6-3-7-20(18)29-21-11-17(12-23)24-14-25-21/h2-11,14H,12-13,23H2,1H3. The number of aromatic nitrogens is 3. The zero-order valence-corrected chi connectivity index (χ0v) is 15.9. The summed E-state index contributed by atoms with van der Waals surface area (Å²) in [6.07, 6.45) is 3.44. The van der Waals surface area contributed by atoms with Gasteiger partial charge in [-0.1, -0.05) is 18.2 Å². The molecule has 0 fully saturated rings. The van der Waals surface area contributed by atoms with Gasteiger partial charge in [-0.2, -0.15) is 0 Å². The van der Waals surface area contributed by atoms with Gasteiger partial charge in [0.2, 0.25) is 5.88 Å². The number of nitrogens with zero attached hydrogens (tertiary/aromatic N) is 3. The highest BCUT2D eigenvalue weighted by Crippen LogP contribution is 2.30. The highest BCUT2D eigenvalue weighted by atomic mass is 16.5. The number of carbonyl (C=O) groups excluding carboxylic acids is 1. The van der Waals surface area contributed by atoms with Crippen molar-refractivity contribution in [3.05, 3.63) is 83.9 Å². The van der Waals surface area contributed by atoms with E-state index in [-0.39, 0.29) is 5.97 Å². The molecule has 146 valence electrons. The lowest BCUT2D eigenvalue weighted by atomic mass is 10.1. The molecule has 0 unspecified atom stereocenters. The number of hydrogen-bond donors (Lipinski definition) is 1. The monoisotopic (exact) mass is 388 g/mol. The molecule has 0 aliphatic rings. The van der Waals surface area contributed by atoms with Gasteiger partial charge in [0.25, 0.3) is 0 Å². The molecular weight excluding hydrogens is 368 g/mol. The Kier molecular flexibility index (Phi) is 5.22. The Bertz CT molecular complexity index is 1170. The van der Waals surface area contributed by atoms with Gasteiger partial charge in [0.15, 0.2) is 0 Å². The van der Waals surface area contributed by atoms with Crippen molar-refractivity contribution in [2.75, 3.05) is 7.11 Å². The van der Waals surface area contributed by atoms with Gasteiger partial charge in [0.1, 0.15) is 12.1 Å². The molecule has 0 atom stereocenters. The summed E-state index contributed by atoms with van der Waals surface area (Å²) in [5.74, 6) is 0.805. The van der Waals surface area contributed by atoms with E-state index in [0.717, 1.165) is 16.5 Å². The molecule has 0 radical (unpaired) electrons. The van der Waals surface area contributed by atoms with E-state index in [1.54, 1.807) is 12.1 Å². The maximum absolute atomic E-state index is 11.8. The van der Waals surface area contributed by atoms with Crippen LogP contribution in [0.25, 0.3) is 10.9 Å². The quantitative estimate of drug-likeness (QED) is 0.508. The molecule has 4 aromatic rings. The molecule has 0 amide bonds. The lowest BCUT2D eigenvalue weighted by Gasteiger charge is -2.09. The number of fused-ring (bicyclic) bond motifs is 1. The van der Waals surface area contributed by atoms with Crippen LogP contribution in [-0.4, -0.2) is 27.6 Å². The predicted molar refractivity (Wildman–Crippen MR) is 109 cm³/mol. The minimum atomic E-state index is -0.346. The molecular formula is C22H20N4O3. The maximum Gasteiger partial charge on any atom is 0.337 e. The first-order chi connectivity index (χ1) is 14.2. The second-order valence-corrected chi connectivity index (χ2v) is 6.48. The fourth-order valence-corrected chi connectivity index (χ4v) is 3.19. The Labute approximate surface area is 167 Å². The molecule has 7 heteroatoms. The van der Waals surface area contributed by atoms with E-state index in [0.29, 0.717) is 36.0 Å². The van der Waals surface area contributed by atoms with Crippen molar-refractivity contribution >= 4 is 16.9 Å². The van der Waals surface area contributed by atoms with Gasteiger partial charge < -0.3 is 19.8 Å². The van der Waals surface area contributed by atoms with Crippen LogP contribution >= 0.6 is 0 Å². The molecule has 0 spiro atoms. The van der Waals surface area contributed by atoms with Crippen molar-refractivity contribution in [1.29, 1.82) is 0 Å². The predicted octanol–water partition coefficient (Wildman–Crippen LogP) is 3.52. The number of rotatable bonds is 6. The number of esters is 1. The average Bonchev–Trinajstić information content (AvgIpc) is 3.17. The lowest BCUT2D eigenvalue weighted by molar-refractivity contribution is 0.0600. The Morgan fingerprint density at radius 3 is 2.79 bits per heavy atom. The molecule has 0 saturated heterocycles. The van der Waals surface area contributed by atoms with Crippen LogP contribution in [0.1, 0.15) is 21.6 Å². The summed E-state index contributed by atoms with van der Waals surface area (Å²) in [5, 5.41) is 0.963. The number of carbonyl (C=O) groups is 1. The van der Waals surface area contributed by atoms with E-state index < -0.39 is 0 Å². The average molecular weight is 388 g/mol. The molecule has 29 heavy (non-hydrogen) atoms. The Morgan fingerprint density at radius 1 is 1.10 bits per heavy atom. The summed E-state index contributed by atoms with van der Waals surface area (Å²) in [6.45, 7) is 0.937. The fourth-order valence-electron chi connectivity index (χ4n) is 3.19. The molecule has 0 aliphatic heterocycles. The van der Waals surface area contributed by atoms with Gasteiger partial charge in [-0.15, -0.1) is 0 Å². The van der Waals surface area contributed by atoms with Crippen molar-refractivity contribution in [1.82, 2.24) is 14.5 Å². The Balaban J connectivity index is 1.63. The maximum atomic E-state index is 11.8. The molecule has 2 heterocycles. The van der Waals surface area contributed by atoms with Gasteiger partial charge in [0.05, 0.1) is 23.9 Å². The molecule has 2 aromatic carbocycles. The van der Waals surface area contributed by atoms with Crippen molar-refractivity contribution in [3.8, 4) is 11.6 Å². The molecule has 2 aromatic heterocycles. The number of hydrogen-bond acceptors (Lipinski definition) is 6. The zero-order chi connectivity index (χ0) is 20.2. The van der Waals surface area contributed by atoms with E-state index in [1.807, 2.05) is 48.7 Å². The van der Waals surface area contributed by atoms with Crippen LogP contribution in [-0.2, 0) is 17.8 Å². The second kappa shape index (κ2) is 8.12. The largest absolute Gasteiger partial charge is 0.465 e. The van der Waals surface area contributed by atoms with Crippen LogP contribution in [0.2, 0.25) is 0 Å². The van der Waals surface area contributed by atoms with Crippen LogP contribution in [0.3, 0.4) is 0 Å². The molecule has 4 rings (SSSR count). The Morgan fingerprint density at radius 2 is 1.97 bits per heavy atom. The third-order valence-corrected chi connectivity index (χ3v) is 4.60. The number of ether oxygens (including phenoxy) is 2. The summed E-state index contributed by atoms with van der Waals surface area (Å²) >= 11 is 0. The first-order valence-corrected chi connectivity index (χ1v) is 9.12. The van der Waals surface area contributed by atoms with E-state index >= 15 is 0 Å². The first kappa shape index (κ1) is 18.6. The summed E-state index contributed by atoms with van der Waals surface area (Å²) in [4.78, 5) is 20.0. The van der Waals surface area contributed by atoms with Crippen molar-refractivity contribution in [3.63, 3.8) is 0 Å². The third kappa shape index (κ3) is 3.95. The lowest BCUT2D eigenvalue weighted by Crippen LogP contribution is -2.03. The molecule has 0 saturated carbocycles. The van der Waals surface area contributed by atoms with E-state index in [2.05, 4.69) is 14.5 Å². The molecule has 7 nitrogen and oxygen atoms in total. The number of benzene rings is 2. The highest BCUT2D eigenvalue weighted by Gasteiger charge is 2.10. The van der Waals surface area contributed by atoms with Crippen LogP contribution in [0.5, 0.6) is 11.6 Å². The minimum Gasteiger partial charge on any atom is -0.465 e. The zero-order valence-electron chi connectivity index (χ0n) is 15.9. The fraction of sp³-hybridized carbons (Fsp3) is 0.136. The highest BCUT2D eigenvalue weighted by molar-refractivity contribution is 5.89. The summed E-state index contributed by atoms with van der Waals surface area (Å²) in [7, 11) is 1.38. The second-order valence-electron chi connectivity index (χ2n) is 6.48. The van der Waals surface area contributed by atoms with Crippen molar-refractivity contribution in [2.24, 2.45) is 5.73 Å². The van der Waals surface area contributed by atoms with Crippen LogP contribution in [0.15, 0.2) is 67.1 Å².